The average molecular weight is 245 g/mol. The molecule has 0 aliphatic heterocycles. The zero-order valence-corrected chi connectivity index (χ0v) is 10.1. The van der Waals surface area contributed by atoms with Crippen molar-refractivity contribution in [1.29, 1.82) is 0 Å². The first-order valence-corrected chi connectivity index (χ1v) is 5.91. The van der Waals surface area contributed by atoms with Gasteiger partial charge in [-0.15, -0.1) is 0 Å². The highest BCUT2D eigenvalue weighted by atomic mass is 32.2. The molecule has 2 aromatic rings. The van der Waals surface area contributed by atoms with Gasteiger partial charge in [-0.1, -0.05) is 29.5 Å². The van der Waals surface area contributed by atoms with Gasteiger partial charge in [0.1, 0.15) is 5.03 Å². The standard InChI is InChI=1S/C13H11NO2S/c1-9-2-5-11(6-3-9)17-12-7-4-10(8-14-12)13(15)16/h2-8H,1H3,(H,15,16). The molecule has 1 aromatic carbocycles. The van der Waals surface area contributed by atoms with E-state index in [0.29, 0.717) is 0 Å². The first-order chi connectivity index (χ1) is 8.15. The topological polar surface area (TPSA) is 50.2 Å². The largest absolute Gasteiger partial charge is 0.478 e. The van der Waals surface area contributed by atoms with Crippen molar-refractivity contribution in [2.24, 2.45) is 0 Å². The molecule has 0 radical (unpaired) electrons. The number of carboxylic acids is 1. The molecule has 0 amide bonds. The molecule has 1 heterocycles. The Morgan fingerprint density at radius 3 is 2.41 bits per heavy atom. The van der Waals surface area contributed by atoms with Crippen LogP contribution in [0.1, 0.15) is 15.9 Å². The number of benzene rings is 1. The van der Waals surface area contributed by atoms with Crippen LogP contribution < -0.4 is 0 Å². The van der Waals surface area contributed by atoms with E-state index in [1.54, 1.807) is 12.1 Å². The molecule has 1 aromatic heterocycles. The second-order valence-corrected chi connectivity index (χ2v) is 4.70. The maximum Gasteiger partial charge on any atom is 0.337 e. The molecule has 0 unspecified atom stereocenters. The van der Waals surface area contributed by atoms with Gasteiger partial charge in [-0.05, 0) is 31.2 Å². The van der Waals surface area contributed by atoms with Crippen LogP contribution in [0.25, 0.3) is 0 Å². The summed E-state index contributed by atoms with van der Waals surface area (Å²) in [5, 5.41) is 9.54. The first kappa shape index (κ1) is 11.7. The molecule has 0 fully saturated rings. The minimum absolute atomic E-state index is 0.207. The van der Waals surface area contributed by atoms with E-state index in [-0.39, 0.29) is 5.56 Å². The van der Waals surface area contributed by atoms with Gasteiger partial charge in [0.05, 0.1) is 5.56 Å². The summed E-state index contributed by atoms with van der Waals surface area (Å²) in [5.41, 5.74) is 1.42. The van der Waals surface area contributed by atoms with Crippen molar-refractivity contribution in [3.05, 3.63) is 53.7 Å². The molecule has 0 bridgehead atoms. The van der Waals surface area contributed by atoms with Crippen molar-refractivity contribution in [2.45, 2.75) is 16.8 Å². The van der Waals surface area contributed by atoms with Crippen molar-refractivity contribution < 1.29 is 9.90 Å². The Morgan fingerprint density at radius 2 is 1.88 bits per heavy atom. The van der Waals surface area contributed by atoms with Crippen molar-refractivity contribution >= 4 is 17.7 Å². The van der Waals surface area contributed by atoms with E-state index in [2.05, 4.69) is 4.98 Å². The number of carbonyl (C=O) groups is 1. The monoisotopic (exact) mass is 245 g/mol. The number of aryl methyl sites for hydroxylation is 1. The summed E-state index contributed by atoms with van der Waals surface area (Å²) in [4.78, 5) is 15.9. The predicted octanol–water partition coefficient (Wildman–Crippen LogP) is 3.24. The number of pyridine rings is 1. The molecular weight excluding hydrogens is 234 g/mol. The molecule has 0 atom stereocenters. The van der Waals surface area contributed by atoms with E-state index in [1.165, 1.54) is 23.5 Å². The van der Waals surface area contributed by atoms with Crippen LogP contribution in [0.5, 0.6) is 0 Å². The summed E-state index contributed by atoms with van der Waals surface area (Å²) in [6.45, 7) is 2.04. The smallest absolute Gasteiger partial charge is 0.337 e. The molecular formula is C13H11NO2S. The Bertz CT molecular complexity index is 520. The first-order valence-electron chi connectivity index (χ1n) is 5.09. The van der Waals surface area contributed by atoms with Crippen LogP contribution in [0.3, 0.4) is 0 Å². The summed E-state index contributed by atoms with van der Waals surface area (Å²) in [6, 6.07) is 11.4. The third kappa shape index (κ3) is 3.07. The summed E-state index contributed by atoms with van der Waals surface area (Å²) >= 11 is 1.51. The molecule has 0 spiro atoms. The van der Waals surface area contributed by atoms with Gasteiger partial charge in [0.25, 0.3) is 0 Å². The Morgan fingerprint density at radius 1 is 1.18 bits per heavy atom. The van der Waals surface area contributed by atoms with Crippen LogP contribution in [-0.4, -0.2) is 16.1 Å². The fraction of sp³-hybridized carbons (Fsp3) is 0.0769. The van der Waals surface area contributed by atoms with E-state index < -0.39 is 5.97 Å². The fourth-order valence-electron chi connectivity index (χ4n) is 1.29. The second-order valence-electron chi connectivity index (χ2n) is 3.61. The number of rotatable bonds is 3. The van der Waals surface area contributed by atoms with Crippen molar-refractivity contribution in [1.82, 2.24) is 4.98 Å². The van der Waals surface area contributed by atoms with Crippen LogP contribution in [0.15, 0.2) is 52.5 Å². The molecule has 2 rings (SSSR count). The zero-order valence-electron chi connectivity index (χ0n) is 9.25. The van der Waals surface area contributed by atoms with E-state index in [9.17, 15) is 4.79 Å². The van der Waals surface area contributed by atoms with E-state index in [4.69, 9.17) is 5.11 Å². The number of hydrogen-bond donors (Lipinski definition) is 1. The van der Waals surface area contributed by atoms with Crippen LogP contribution in [0.4, 0.5) is 0 Å². The number of aromatic carboxylic acids is 1. The van der Waals surface area contributed by atoms with E-state index in [1.807, 2.05) is 31.2 Å². The quantitative estimate of drug-likeness (QED) is 0.901. The zero-order chi connectivity index (χ0) is 12.3. The number of hydrogen-bond acceptors (Lipinski definition) is 3. The summed E-state index contributed by atoms with van der Waals surface area (Å²) < 4.78 is 0. The highest BCUT2D eigenvalue weighted by molar-refractivity contribution is 7.99. The van der Waals surface area contributed by atoms with Crippen LogP contribution in [0.2, 0.25) is 0 Å². The molecule has 3 nitrogen and oxygen atoms in total. The van der Waals surface area contributed by atoms with Gasteiger partial charge in [-0.3, -0.25) is 0 Å². The lowest BCUT2D eigenvalue weighted by molar-refractivity contribution is 0.0696. The van der Waals surface area contributed by atoms with Crippen molar-refractivity contribution in [2.75, 3.05) is 0 Å². The normalized spacial score (nSPS) is 10.2. The van der Waals surface area contributed by atoms with Crippen LogP contribution in [0, 0.1) is 6.92 Å². The average Bonchev–Trinajstić information content (AvgIpc) is 2.33. The van der Waals surface area contributed by atoms with Gasteiger partial charge in [-0.2, -0.15) is 0 Å². The molecule has 17 heavy (non-hydrogen) atoms. The number of aromatic nitrogens is 1. The summed E-state index contributed by atoms with van der Waals surface area (Å²) in [6.07, 6.45) is 1.37. The minimum atomic E-state index is -0.954. The minimum Gasteiger partial charge on any atom is -0.478 e. The third-order valence-electron chi connectivity index (χ3n) is 2.23. The Balaban J connectivity index is 2.13. The Labute approximate surface area is 104 Å². The van der Waals surface area contributed by atoms with Gasteiger partial charge in [0, 0.05) is 11.1 Å². The molecule has 0 aliphatic rings. The van der Waals surface area contributed by atoms with Crippen molar-refractivity contribution in [3.8, 4) is 0 Å². The van der Waals surface area contributed by atoms with Crippen LogP contribution in [-0.2, 0) is 0 Å². The van der Waals surface area contributed by atoms with Crippen molar-refractivity contribution in [3.63, 3.8) is 0 Å². The van der Waals surface area contributed by atoms with Crippen LogP contribution >= 0.6 is 11.8 Å². The highest BCUT2D eigenvalue weighted by Crippen LogP contribution is 2.25. The fourth-order valence-corrected chi connectivity index (χ4v) is 2.05. The lowest BCUT2D eigenvalue weighted by atomic mass is 10.2. The second kappa shape index (κ2) is 5.01. The molecule has 0 saturated carbocycles. The van der Waals surface area contributed by atoms with Gasteiger partial charge < -0.3 is 5.11 Å². The highest BCUT2D eigenvalue weighted by Gasteiger charge is 2.03. The molecule has 86 valence electrons. The third-order valence-corrected chi connectivity index (χ3v) is 3.19. The lowest BCUT2D eigenvalue weighted by Crippen LogP contribution is -1.96. The molecule has 0 aliphatic carbocycles. The van der Waals surface area contributed by atoms with Gasteiger partial charge >= 0.3 is 5.97 Å². The summed E-state index contributed by atoms with van der Waals surface area (Å²) in [5.74, 6) is -0.954. The maximum atomic E-state index is 10.7. The maximum absolute atomic E-state index is 10.7. The Hall–Kier alpha value is -1.81. The summed E-state index contributed by atoms with van der Waals surface area (Å²) in [7, 11) is 0. The van der Waals surface area contributed by atoms with Gasteiger partial charge in [0.2, 0.25) is 0 Å². The number of carboxylic acid groups (broad SMARTS) is 1. The van der Waals surface area contributed by atoms with Gasteiger partial charge in [-0.25, -0.2) is 9.78 Å². The van der Waals surface area contributed by atoms with E-state index >= 15 is 0 Å². The molecule has 1 N–H and O–H groups in total. The SMILES string of the molecule is Cc1ccc(Sc2ccc(C(=O)O)cn2)cc1. The Kier molecular flexibility index (Phi) is 3.44. The lowest BCUT2D eigenvalue weighted by Gasteiger charge is -2.01. The predicted molar refractivity (Wildman–Crippen MR) is 66.5 cm³/mol. The molecule has 4 heteroatoms. The van der Waals surface area contributed by atoms with E-state index in [0.717, 1.165) is 9.92 Å². The number of nitrogens with zero attached hydrogens (tertiary/aromatic N) is 1. The molecule has 0 saturated heterocycles. The van der Waals surface area contributed by atoms with Gasteiger partial charge in [0.15, 0.2) is 0 Å².